The molecule has 3 N–H and O–H groups in total. The third-order valence-electron chi connectivity index (χ3n) is 2.67. The minimum Gasteiger partial charge on any atom is -0.457 e. The van der Waals surface area contributed by atoms with Crippen LogP contribution in [0.3, 0.4) is 0 Å². The van der Waals surface area contributed by atoms with Crippen molar-refractivity contribution in [3.05, 3.63) is 53.6 Å². The average Bonchev–Trinajstić information content (AvgIpc) is 2.40. The van der Waals surface area contributed by atoms with Crippen LogP contribution in [0.15, 0.2) is 42.5 Å². The molecular weight excluding hydrogens is 271 g/mol. The summed E-state index contributed by atoms with van der Waals surface area (Å²) in [4.78, 5) is 0. The van der Waals surface area contributed by atoms with Crippen molar-refractivity contribution in [1.29, 1.82) is 0 Å². The molecule has 0 heterocycles. The van der Waals surface area contributed by atoms with E-state index < -0.39 is 11.7 Å². The lowest BCUT2D eigenvalue weighted by Crippen LogP contribution is -2.08. The lowest BCUT2D eigenvalue weighted by molar-refractivity contribution is -0.137. The van der Waals surface area contributed by atoms with Crippen LogP contribution in [0.5, 0.6) is 11.5 Å². The van der Waals surface area contributed by atoms with Gasteiger partial charge in [-0.05, 0) is 35.9 Å². The van der Waals surface area contributed by atoms with Crippen molar-refractivity contribution in [2.24, 2.45) is 0 Å². The zero-order chi connectivity index (χ0) is 14.8. The van der Waals surface area contributed by atoms with Crippen LogP contribution in [0.4, 0.5) is 18.9 Å². The summed E-state index contributed by atoms with van der Waals surface area (Å²) in [6.07, 6.45) is -4.52. The summed E-state index contributed by atoms with van der Waals surface area (Å²) in [6.45, 7) is -0.111. The van der Waals surface area contributed by atoms with E-state index in [1.54, 1.807) is 24.3 Å². The molecule has 0 amide bonds. The molecule has 106 valence electrons. The summed E-state index contributed by atoms with van der Waals surface area (Å²) in [7, 11) is 0. The van der Waals surface area contributed by atoms with Crippen LogP contribution in [0, 0.1) is 0 Å². The lowest BCUT2D eigenvalue weighted by atomic mass is 10.1. The highest BCUT2D eigenvalue weighted by Gasteiger charge is 2.33. The van der Waals surface area contributed by atoms with E-state index >= 15 is 0 Å². The Labute approximate surface area is 113 Å². The van der Waals surface area contributed by atoms with Gasteiger partial charge in [-0.25, -0.2) is 0 Å². The Balaban J connectivity index is 2.25. The number of nitrogen functional groups attached to an aromatic ring is 1. The van der Waals surface area contributed by atoms with Crippen molar-refractivity contribution in [3.8, 4) is 11.5 Å². The summed E-state index contributed by atoms with van der Waals surface area (Å²) in [5.41, 5.74) is 4.71. The molecule has 0 saturated heterocycles. The molecule has 6 heteroatoms. The molecule has 0 fully saturated rings. The largest absolute Gasteiger partial charge is 0.457 e. The lowest BCUT2D eigenvalue weighted by Gasteiger charge is -2.12. The zero-order valence-electron chi connectivity index (χ0n) is 10.3. The van der Waals surface area contributed by atoms with Crippen LogP contribution < -0.4 is 10.5 Å². The maximum absolute atomic E-state index is 12.7. The van der Waals surface area contributed by atoms with Gasteiger partial charge >= 0.3 is 6.18 Å². The Morgan fingerprint density at radius 2 is 1.60 bits per heavy atom. The van der Waals surface area contributed by atoms with Crippen molar-refractivity contribution in [2.45, 2.75) is 12.8 Å². The van der Waals surface area contributed by atoms with E-state index in [1.807, 2.05) is 0 Å². The van der Waals surface area contributed by atoms with Gasteiger partial charge in [0, 0.05) is 5.69 Å². The highest BCUT2D eigenvalue weighted by molar-refractivity contribution is 5.52. The first-order valence-corrected chi connectivity index (χ1v) is 5.74. The molecule has 20 heavy (non-hydrogen) atoms. The SMILES string of the molecule is Nc1ccc(Oc2ccc(CO)cc2)cc1C(F)(F)F. The standard InChI is InChI=1S/C14H12F3NO2/c15-14(16,17)12-7-11(5-6-13(12)18)20-10-3-1-9(8-19)2-4-10/h1-7,19H,8,18H2. The van der Waals surface area contributed by atoms with Crippen molar-refractivity contribution in [1.82, 2.24) is 0 Å². The average molecular weight is 283 g/mol. The second-order valence-corrected chi connectivity index (χ2v) is 4.15. The van der Waals surface area contributed by atoms with Gasteiger partial charge in [-0.2, -0.15) is 13.2 Å². The van der Waals surface area contributed by atoms with E-state index in [1.165, 1.54) is 6.07 Å². The first kappa shape index (κ1) is 14.2. The van der Waals surface area contributed by atoms with E-state index in [0.29, 0.717) is 11.3 Å². The smallest absolute Gasteiger partial charge is 0.418 e. The molecule has 0 radical (unpaired) electrons. The number of halogens is 3. The quantitative estimate of drug-likeness (QED) is 0.847. The molecule has 0 aliphatic carbocycles. The Kier molecular flexibility index (Phi) is 3.85. The number of ether oxygens (including phenoxy) is 1. The second kappa shape index (κ2) is 5.42. The summed E-state index contributed by atoms with van der Waals surface area (Å²) in [5.74, 6) is 0.420. The third-order valence-corrected chi connectivity index (χ3v) is 2.67. The predicted octanol–water partition coefficient (Wildman–Crippen LogP) is 3.57. The minimum absolute atomic E-state index is 0.0447. The number of alkyl halides is 3. The summed E-state index contributed by atoms with van der Waals surface area (Å²) in [5, 5.41) is 8.89. The monoisotopic (exact) mass is 283 g/mol. The Morgan fingerprint density at radius 3 is 2.15 bits per heavy atom. The molecule has 0 aromatic heterocycles. The highest BCUT2D eigenvalue weighted by Crippen LogP contribution is 2.36. The maximum atomic E-state index is 12.7. The van der Waals surface area contributed by atoms with Gasteiger partial charge < -0.3 is 15.6 Å². The molecular formula is C14H12F3NO2. The highest BCUT2D eigenvalue weighted by atomic mass is 19.4. The van der Waals surface area contributed by atoms with Crippen LogP contribution in [0.1, 0.15) is 11.1 Å². The number of nitrogens with two attached hydrogens (primary N) is 1. The molecule has 0 atom stereocenters. The molecule has 0 spiro atoms. The van der Waals surface area contributed by atoms with Crippen LogP contribution in [0.25, 0.3) is 0 Å². The molecule has 0 aliphatic rings. The molecule has 0 saturated carbocycles. The van der Waals surface area contributed by atoms with E-state index in [-0.39, 0.29) is 18.0 Å². The van der Waals surface area contributed by atoms with E-state index in [0.717, 1.165) is 12.1 Å². The Bertz CT molecular complexity index is 594. The van der Waals surface area contributed by atoms with Gasteiger partial charge in [0.15, 0.2) is 0 Å². The zero-order valence-corrected chi connectivity index (χ0v) is 10.3. The number of aliphatic hydroxyl groups excluding tert-OH is 1. The van der Waals surface area contributed by atoms with Crippen LogP contribution in [-0.2, 0) is 12.8 Å². The molecule has 3 nitrogen and oxygen atoms in total. The molecule has 0 bridgehead atoms. The summed E-state index contributed by atoms with van der Waals surface area (Å²) < 4.78 is 43.4. The molecule has 2 rings (SSSR count). The normalized spacial score (nSPS) is 11.4. The molecule has 0 unspecified atom stereocenters. The fourth-order valence-corrected chi connectivity index (χ4v) is 1.64. The van der Waals surface area contributed by atoms with E-state index in [4.69, 9.17) is 15.6 Å². The molecule has 2 aromatic carbocycles. The van der Waals surface area contributed by atoms with Crippen LogP contribution in [-0.4, -0.2) is 5.11 Å². The fourth-order valence-electron chi connectivity index (χ4n) is 1.64. The van der Waals surface area contributed by atoms with E-state index in [9.17, 15) is 13.2 Å². The second-order valence-electron chi connectivity index (χ2n) is 4.15. The van der Waals surface area contributed by atoms with Crippen LogP contribution >= 0.6 is 0 Å². The Morgan fingerprint density at radius 1 is 1.00 bits per heavy atom. The minimum atomic E-state index is -4.52. The maximum Gasteiger partial charge on any atom is 0.418 e. The van der Waals surface area contributed by atoms with Gasteiger partial charge in [0.25, 0.3) is 0 Å². The van der Waals surface area contributed by atoms with Gasteiger partial charge in [0.2, 0.25) is 0 Å². The van der Waals surface area contributed by atoms with Gasteiger partial charge in [-0.3, -0.25) is 0 Å². The third kappa shape index (κ3) is 3.21. The molecule has 0 aliphatic heterocycles. The molecule has 2 aromatic rings. The van der Waals surface area contributed by atoms with Crippen molar-refractivity contribution >= 4 is 5.69 Å². The van der Waals surface area contributed by atoms with Crippen molar-refractivity contribution in [2.75, 3.05) is 5.73 Å². The number of hydrogen-bond donors (Lipinski definition) is 2. The topological polar surface area (TPSA) is 55.5 Å². The van der Waals surface area contributed by atoms with Gasteiger partial charge in [-0.15, -0.1) is 0 Å². The van der Waals surface area contributed by atoms with Crippen molar-refractivity contribution in [3.63, 3.8) is 0 Å². The number of hydrogen-bond acceptors (Lipinski definition) is 3. The first-order valence-electron chi connectivity index (χ1n) is 5.74. The fraction of sp³-hybridized carbons (Fsp3) is 0.143. The van der Waals surface area contributed by atoms with Gasteiger partial charge in [-0.1, -0.05) is 12.1 Å². The van der Waals surface area contributed by atoms with Gasteiger partial charge in [0.05, 0.1) is 12.2 Å². The number of anilines is 1. The number of rotatable bonds is 3. The number of benzene rings is 2. The first-order chi connectivity index (χ1) is 9.40. The van der Waals surface area contributed by atoms with Crippen molar-refractivity contribution < 1.29 is 23.0 Å². The summed E-state index contributed by atoms with van der Waals surface area (Å²) >= 11 is 0. The Hall–Kier alpha value is -2.21. The van der Waals surface area contributed by atoms with E-state index in [2.05, 4.69) is 0 Å². The summed E-state index contributed by atoms with van der Waals surface area (Å²) in [6, 6.07) is 9.75. The predicted molar refractivity (Wildman–Crippen MR) is 68.3 cm³/mol. The number of aliphatic hydroxyl groups is 1. The van der Waals surface area contributed by atoms with Gasteiger partial charge in [0.1, 0.15) is 11.5 Å². The van der Waals surface area contributed by atoms with Crippen LogP contribution in [0.2, 0.25) is 0 Å².